The lowest BCUT2D eigenvalue weighted by molar-refractivity contribution is -0.140. The molecule has 0 heterocycles. The van der Waals surface area contributed by atoms with Crippen LogP contribution >= 0.6 is 0 Å². The number of halogens is 3. The SMILES string of the molecule is CC[C@H](C)[C@H](NC(=O)NCCCC(F)(F)F)C(=O)O. The van der Waals surface area contributed by atoms with Crippen molar-refractivity contribution < 1.29 is 27.9 Å². The number of urea groups is 1. The molecular formula is C11H19F3N2O3. The molecule has 0 aliphatic rings. The number of rotatable bonds is 7. The summed E-state index contributed by atoms with van der Waals surface area (Å²) in [6.07, 6.45) is -4.91. The van der Waals surface area contributed by atoms with Crippen LogP contribution in [-0.4, -0.2) is 35.9 Å². The van der Waals surface area contributed by atoms with Gasteiger partial charge in [0, 0.05) is 13.0 Å². The van der Waals surface area contributed by atoms with Crippen molar-refractivity contribution in [2.24, 2.45) is 5.92 Å². The Labute approximate surface area is 109 Å². The maximum absolute atomic E-state index is 11.8. The fourth-order valence-corrected chi connectivity index (χ4v) is 1.37. The molecule has 0 aliphatic heterocycles. The molecule has 0 radical (unpaired) electrons. The molecule has 0 saturated carbocycles. The lowest BCUT2D eigenvalue weighted by Crippen LogP contribution is -2.49. The second-order valence-corrected chi connectivity index (χ2v) is 4.32. The van der Waals surface area contributed by atoms with E-state index >= 15 is 0 Å². The second-order valence-electron chi connectivity index (χ2n) is 4.32. The molecule has 0 fully saturated rings. The zero-order chi connectivity index (χ0) is 15.1. The highest BCUT2D eigenvalue weighted by atomic mass is 19.4. The molecule has 0 aromatic carbocycles. The number of nitrogens with one attached hydrogen (secondary N) is 2. The minimum absolute atomic E-state index is 0.155. The lowest BCUT2D eigenvalue weighted by atomic mass is 9.99. The van der Waals surface area contributed by atoms with E-state index in [1.165, 1.54) is 0 Å². The first kappa shape index (κ1) is 17.5. The van der Waals surface area contributed by atoms with Crippen LogP contribution < -0.4 is 10.6 Å². The predicted molar refractivity (Wildman–Crippen MR) is 62.7 cm³/mol. The summed E-state index contributed by atoms with van der Waals surface area (Å²) in [6, 6.07) is -1.82. The van der Waals surface area contributed by atoms with Gasteiger partial charge in [-0.15, -0.1) is 0 Å². The third kappa shape index (κ3) is 8.28. The zero-order valence-corrected chi connectivity index (χ0v) is 10.9. The second kappa shape index (κ2) is 7.85. The zero-order valence-electron chi connectivity index (χ0n) is 10.9. The number of hydrogen-bond donors (Lipinski definition) is 3. The van der Waals surface area contributed by atoms with Crippen LogP contribution in [-0.2, 0) is 4.79 Å². The molecule has 0 rings (SSSR count). The van der Waals surface area contributed by atoms with Gasteiger partial charge in [-0.3, -0.25) is 0 Å². The van der Waals surface area contributed by atoms with Crippen molar-refractivity contribution in [2.45, 2.75) is 45.3 Å². The topological polar surface area (TPSA) is 78.4 Å². The Balaban J connectivity index is 4.04. The van der Waals surface area contributed by atoms with E-state index in [9.17, 15) is 22.8 Å². The van der Waals surface area contributed by atoms with Gasteiger partial charge in [0.1, 0.15) is 6.04 Å². The van der Waals surface area contributed by atoms with Crippen molar-refractivity contribution in [2.75, 3.05) is 6.54 Å². The number of carbonyl (C=O) groups excluding carboxylic acids is 1. The van der Waals surface area contributed by atoms with E-state index in [1.54, 1.807) is 13.8 Å². The summed E-state index contributed by atoms with van der Waals surface area (Å²) in [7, 11) is 0. The van der Waals surface area contributed by atoms with Crippen molar-refractivity contribution in [3.63, 3.8) is 0 Å². The van der Waals surface area contributed by atoms with Crippen LogP contribution in [0.1, 0.15) is 33.1 Å². The maximum Gasteiger partial charge on any atom is 0.389 e. The predicted octanol–water partition coefficient (Wildman–Crippen LogP) is 2.13. The normalized spacial score (nSPS) is 14.6. The van der Waals surface area contributed by atoms with Crippen LogP contribution in [0.15, 0.2) is 0 Å². The van der Waals surface area contributed by atoms with E-state index in [0.717, 1.165) is 0 Å². The Bertz CT molecular complexity index is 308. The molecule has 2 amide bonds. The van der Waals surface area contributed by atoms with E-state index in [0.29, 0.717) is 6.42 Å². The summed E-state index contributed by atoms with van der Waals surface area (Å²) in [4.78, 5) is 22.2. The van der Waals surface area contributed by atoms with Crippen LogP contribution in [0.5, 0.6) is 0 Å². The molecule has 0 unspecified atom stereocenters. The average Bonchev–Trinajstić information content (AvgIpc) is 2.29. The van der Waals surface area contributed by atoms with Gasteiger partial charge < -0.3 is 15.7 Å². The molecule has 0 spiro atoms. The Kier molecular flexibility index (Phi) is 7.25. The molecule has 0 aromatic rings. The fraction of sp³-hybridized carbons (Fsp3) is 0.818. The number of carboxylic acids is 1. The Hall–Kier alpha value is -1.47. The number of hydrogen-bond acceptors (Lipinski definition) is 2. The van der Waals surface area contributed by atoms with Crippen LogP contribution in [0.2, 0.25) is 0 Å². The van der Waals surface area contributed by atoms with Crippen molar-refractivity contribution in [1.29, 1.82) is 0 Å². The molecule has 0 aliphatic carbocycles. The standard InChI is InChI=1S/C11H19F3N2O3/c1-3-7(2)8(9(17)18)16-10(19)15-6-4-5-11(12,13)14/h7-8H,3-6H2,1-2H3,(H,17,18)(H2,15,16,19)/t7-,8-/m0/s1. The number of amides is 2. The first-order valence-corrected chi connectivity index (χ1v) is 6.01. The number of aliphatic carboxylic acids is 1. The molecular weight excluding hydrogens is 265 g/mol. The van der Waals surface area contributed by atoms with Crippen LogP contribution in [0, 0.1) is 5.92 Å². The molecule has 0 bridgehead atoms. The van der Waals surface area contributed by atoms with Gasteiger partial charge in [-0.25, -0.2) is 9.59 Å². The smallest absolute Gasteiger partial charge is 0.389 e. The summed E-state index contributed by atoms with van der Waals surface area (Å²) in [6.45, 7) is 3.30. The quantitative estimate of drug-likeness (QED) is 0.627. The molecule has 2 atom stereocenters. The van der Waals surface area contributed by atoms with Crippen molar-refractivity contribution in [3.05, 3.63) is 0 Å². The first-order valence-electron chi connectivity index (χ1n) is 6.01. The summed E-state index contributed by atoms with van der Waals surface area (Å²) < 4.78 is 35.5. The largest absolute Gasteiger partial charge is 0.480 e. The molecule has 3 N–H and O–H groups in total. The van der Waals surface area contributed by atoms with Crippen LogP contribution in [0.25, 0.3) is 0 Å². The van der Waals surface area contributed by atoms with Gasteiger partial charge >= 0.3 is 18.2 Å². The van der Waals surface area contributed by atoms with E-state index in [1.807, 2.05) is 0 Å². The molecule has 0 aromatic heterocycles. The van der Waals surface area contributed by atoms with Crippen LogP contribution in [0.4, 0.5) is 18.0 Å². The van der Waals surface area contributed by atoms with Crippen LogP contribution in [0.3, 0.4) is 0 Å². The van der Waals surface area contributed by atoms with E-state index < -0.39 is 30.6 Å². The summed E-state index contributed by atoms with van der Waals surface area (Å²) >= 11 is 0. The van der Waals surface area contributed by atoms with Crippen molar-refractivity contribution in [3.8, 4) is 0 Å². The van der Waals surface area contributed by atoms with E-state index in [2.05, 4.69) is 10.6 Å². The monoisotopic (exact) mass is 284 g/mol. The molecule has 5 nitrogen and oxygen atoms in total. The highest BCUT2D eigenvalue weighted by Crippen LogP contribution is 2.20. The first-order chi connectivity index (χ1) is 8.67. The van der Waals surface area contributed by atoms with Gasteiger partial charge in [0.05, 0.1) is 0 Å². The lowest BCUT2D eigenvalue weighted by Gasteiger charge is -2.20. The fourth-order valence-electron chi connectivity index (χ4n) is 1.37. The molecule has 0 saturated heterocycles. The third-order valence-corrected chi connectivity index (χ3v) is 2.69. The van der Waals surface area contributed by atoms with Gasteiger partial charge in [0.25, 0.3) is 0 Å². The van der Waals surface area contributed by atoms with Gasteiger partial charge in [0.2, 0.25) is 0 Å². The molecule has 112 valence electrons. The minimum atomic E-state index is -4.25. The average molecular weight is 284 g/mol. The maximum atomic E-state index is 11.8. The minimum Gasteiger partial charge on any atom is -0.480 e. The van der Waals surface area contributed by atoms with Gasteiger partial charge in [-0.1, -0.05) is 20.3 Å². The molecule has 8 heteroatoms. The summed E-state index contributed by atoms with van der Waals surface area (Å²) in [5.41, 5.74) is 0. The Morgan fingerprint density at radius 3 is 2.32 bits per heavy atom. The van der Waals surface area contributed by atoms with Crippen molar-refractivity contribution in [1.82, 2.24) is 10.6 Å². The van der Waals surface area contributed by atoms with Gasteiger partial charge in [-0.2, -0.15) is 13.2 Å². The highest BCUT2D eigenvalue weighted by Gasteiger charge is 2.27. The Morgan fingerprint density at radius 1 is 1.32 bits per heavy atom. The number of carbonyl (C=O) groups is 2. The summed E-state index contributed by atoms with van der Waals surface area (Å²) in [5, 5.41) is 13.4. The van der Waals surface area contributed by atoms with E-state index in [4.69, 9.17) is 5.11 Å². The summed E-state index contributed by atoms with van der Waals surface area (Å²) in [5.74, 6) is -1.43. The van der Waals surface area contributed by atoms with Crippen molar-refractivity contribution >= 4 is 12.0 Å². The Morgan fingerprint density at radius 2 is 1.89 bits per heavy atom. The highest BCUT2D eigenvalue weighted by molar-refractivity contribution is 5.82. The van der Waals surface area contributed by atoms with E-state index in [-0.39, 0.29) is 18.9 Å². The van der Waals surface area contributed by atoms with Gasteiger partial charge in [0.15, 0.2) is 0 Å². The number of alkyl halides is 3. The number of carboxylic acid groups (broad SMARTS) is 1. The molecule has 19 heavy (non-hydrogen) atoms. The third-order valence-electron chi connectivity index (χ3n) is 2.69. The van der Waals surface area contributed by atoms with Gasteiger partial charge in [-0.05, 0) is 12.3 Å².